The SMILES string of the molecule is Cc1ccc(-n2nnnc2N2CCOC(C)(c3cnn(C)c3)C2)cc1. The van der Waals surface area contributed by atoms with Gasteiger partial charge in [0.25, 0.3) is 5.95 Å². The van der Waals surface area contributed by atoms with Crippen molar-refractivity contribution in [2.24, 2.45) is 7.05 Å². The van der Waals surface area contributed by atoms with Crippen molar-refractivity contribution < 1.29 is 4.74 Å². The van der Waals surface area contributed by atoms with E-state index in [1.165, 1.54) is 5.56 Å². The molecule has 0 bridgehead atoms. The topological polar surface area (TPSA) is 73.9 Å². The zero-order valence-electron chi connectivity index (χ0n) is 14.6. The van der Waals surface area contributed by atoms with Gasteiger partial charge in [-0.15, -0.1) is 0 Å². The summed E-state index contributed by atoms with van der Waals surface area (Å²) in [6.07, 6.45) is 3.85. The number of hydrogen-bond acceptors (Lipinski definition) is 6. The van der Waals surface area contributed by atoms with Crippen LogP contribution in [0.1, 0.15) is 18.1 Å². The lowest BCUT2D eigenvalue weighted by Gasteiger charge is -2.40. The van der Waals surface area contributed by atoms with E-state index in [2.05, 4.69) is 51.5 Å². The van der Waals surface area contributed by atoms with Crippen molar-refractivity contribution in [1.29, 1.82) is 0 Å². The van der Waals surface area contributed by atoms with E-state index < -0.39 is 5.60 Å². The van der Waals surface area contributed by atoms with Crippen LogP contribution in [-0.4, -0.2) is 49.7 Å². The van der Waals surface area contributed by atoms with E-state index in [1.54, 1.807) is 9.36 Å². The summed E-state index contributed by atoms with van der Waals surface area (Å²) in [4.78, 5) is 2.16. The van der Waals surface area contributed by atoms with Crippen molar-refractivity contribution >= 4 is 5.95 Å². The zero-order valence-corrected chi connectivity index (χ0v) is 14.6. The van der Waals surface area contributed by atoms with Crippen molar-refractivity contribution in [3.8, 4) is 5.69 Å². The molecule has 1 aliphatic heterocycles. The van der Waals surface area contributed by atoms with Crippen LogP contribution in [0.3, 0.4) is 0 Å². The van der Waals surface area contributed by atoms with E-state index in [1.807, 2.05) is 31.6 Å². The lowest BCUT2D eigenvalue weighted by atomic mass is 9.97. The Morgan fingerprint density at radius 2 is 2.00 bits per heavy atom. The van der Waals surface area contributed by atoms with Gasteiger partial charge in [0.05, 0.1) is 25.0 Å². The van der Waals surface area contributed by atoms with E-state index >= 15 is 0 Å². The summed E-state index contributed by atoms with van der Waals surface area (Å²) in [5.74, 6) is 0.724. The third-order valence-corrected chi connectivity index (χ3v) is 4.60. The molecule has 4 rings (SSSR count). The molecular weight excluding hydrogens is 318 g/mol. The second-order valence-electron chi connectivity index (χ2n) is 6.63. The van der Waals surface area contributed by atoms with Gasteiger partial charge < -0.3 is 9.64 Å². The molecule has 1 atom stereocenters. The first kappa shape index (κ1) is 15.8. The largest absolute Gasteiger partial charge is 0.367 e. The fraction of sp³-hybridized carbons (Fsp3) is 0.412. The molecule has 0 saturated carbocycles. The summed E-state index contributed by atoms with van der Waals surface area (Å²) >= 11 is 0. The van der Waals surface area contributed by atoms with Crippen LogP contribution in [0.4, 0.5) is 5.95 Å². The quantitative estimate of drug-likeness (QED) is 0.719. The van der Waals surface area contributed by atoms with Crippen molar-refractivity contribution in [2.75, 3.05) is 24.6 Å². The predicted octanol–water partition coefficient (Wildman–Crippen LogP) is 1.46. The molecule has 130 valence electrons. The molecule has 0 spiro atoms. The molecule has 8 heteroatoms. The number of aromatic nitrogens is 6. The van der Waals surface area contributed by atoms with Crippen LogP contribution in [-0.2, 0) is 17.4 Å². The number of aryl methyl sites for hydroxylation is 2. The zero-order chi connectivity index (χ0) is 17.4. The lowest BCUT2D eigenvalue weighted by Crippen LogP contribution is -2.49. The number of rotatable bonds is 3. The third-order valence-electron chi connectivity index (χ3n) is 4.60. The molecule has 3 aromatic rings. The molecule has 0 aliphatic carbocycles. The van der Waals surface area contributed by atoms with Crippen LogP contribution < -0.4 is 4.90 Å². The Labute approximate surface area is 146 Å². The fourth-order valence-electron chi connectivity index (χ4n) is 3.14. The Hall–Kier alpha value is -2.74. The van der Waals surface area contributed by atoms with E-state index in [0.717, 1.165) is 23.7 Å². The number of benzene rings is 1. The van der Waals surface area contributed by atoms with Crippen LogP contribution in [0.2, 0.25) is 0 Å². The minimum absolute atomic E-state index is 0.448. The summed E-state index contributed by atoms with van der Waals surface area (Å²) in [6, 6.07) is 8.16. The minimum Gasteiger partial charge on any atom is -0.367 e. The standard InChI is InChI=1S/C17H21N7O/c1-13-4-6-15(7-5-13)24-16(19-20-21-24)23-8-9-25-17(2,12-23)14-10-18-22(3)11-14/h4-7,10-11H,8-9,12H2,1-3H3. The highest BCUT2D eigenvalue weighted by atomic mass is 16.5. The van der Waals surface area contributed by atoms with Gasteiger partial charge >= 0.3 is 0 Å². The van der Waals surface area contributed by atoms with Crippen LogP contribution in [0.25, 0.3) is 5.69 Å². The normalized spacial score (nSPS) is 20.8. The number of morpholine rings is 1. The van der Waals surface area contributed by atoms with Gasteiger partial charge in [-0.1, -0.05) is 22.8 Å². The second-order valence-corrected chi connectivity index (χ2v) is 6.63. The summed E-state index contributed by atoms with van der Waals surface area (Å²) in [5.41, 5.74) is 2.75. The molecule has 8 nitrogen and oxygen atoms in total. The van der Waals surface area contributed by atoms with Crippen molar-refractivity contribution in [1.82, 2.24) is 30.0 Å². The van der Waals surface area contributed by atoms with Gasteiger partial charge in [0.2, 0.25) is 0 Å². The van der Waals surface area contributed by atoms with E-state index in [0.29, 0.717) is 13.2 Å². The first-order valence-electron chi connectivity index (χ1n) is 8.29. The molecule has 1 aromatic carbocycles. The molecule has 1 aliphatic rings. The molecule has 1 unspecified atom stereocenters. The Balaban J connectivity index is 1.64. The molecule has 25 heavy (non-hydrogen) atoms. The molecule has 0 amide bonds. The first-order chi connectivity index (χ1) is 12.0. The summed E-state index contributed by atoms with van der Waals surface area (Å²) < 4.78 is 9.64. The number of ether oxygens (including phenoxy) is 1. The molecule has 1 saturated heterocycles. The lowest BCUT2D eigenvalue weighted by molar-refractivity contribution is -0.0471. The molecular formula is C17H21N7O. The number of hydrogen-bond donors (Lipinski definition) is 0. The van der Waals surface area contributed by atoms with Gasteiger partial charge in [0.1, 0.15) is 5.60 Å². The molecule has 2 aromatic heterocycles. The molecule has 0 N–H and O–H groups in total. The maximum absolute atomic E-state index is 6.08. The van der Waals surface area contributed by atoms with Crippen LogP contribution in [0.15, 0.2) is 36.7 Å². The molecule has 3 heterocycles. The highest BCUT2D eigenvalue weighted by Crippen LogP contribution is 2.31. The third kappa shape index (κ3) is 2.89. The number of anilines is 1. The highest BCUT2D eigenvalue weighted by Gasteiger charge is 2.36. The summed E-state index contributed by atoms with van der Waals surface area (Å²) in [7, 11) is 1.91. The van der Waals surface area contributed by atoms with Gasteiger partial charge in [-0.05, 0) is 36.4 Å². The van der Waals surface area contributed by atoms with Gasteiger partial charge in [-0.2, -0.15) is 9.78 Å². The van der Waals surface area contributed by atoms with Crippen LogP contribution in [0, 0.1) is 6.92 Å². The minimum atomic E-state index is -0.448. The van der Waals surface area contributed by atoms with Crippen molar-refractivity contribution in [3.05, 3.63) is 47.8 Å². The summed E-state index contributed by atoms with van der Waals surface area (Å²) in [6.45, 7) is 6.14. The number of nitrogens with zero attached hydrogens (tertiary/aromatic N) is 7. The van der Waals surface area contributed by atoms with Gasteiger partial charge in [0, 0.05) is 25.4 Å². The fourth-order valence-corrected chi connectivity index (χ4v) is 3.14. The Morgan fingerprint density at radius 3 is 2.72 bits per heavy atom. The van der Waals surface area contributed by atoms with Gasteiger partial charge in [0.15, 0.2) is 0 Å². The maximum Gasteiger partial charge on any atom is 0.250 e. The smallest absolute Gasteiger partial charge is 0.250 e. The Kier molecular flexibility index (Phi) is 3.76. The first-order valence-corrected chi connectivity index (χ1v) is 8.29. The van der Waals surface area contributed by atoms with E-state index in [9.17, 15) is 0 Å². The van der Waals surface area contributed by atoms with Crippen molar-refractivity contribution in [3.63, 3.8) is 0 Å². The maximum atomic E-state index is 6.08. The Bertz CT molecular complexity index is 869. The van der Waals surface area contributed by atoms with Crippen molar-refractivity contribution in [2.45, 2.75) is 19.4 Å². The average Bonchev–Trinajstić information content (AvgIpc) is 3.25. The average molecular weight is 339 g/mol. The van der Waals surface area contributed by atoms with Gasteiger partial charge in [-0.25, -0.2) is 0 Å². The Morgan fingerprint density at radius 1 is 1.20 bits per heavy atom. The second kappa shape index (κ2) is 5.96. The van der Waals surface area contributed by atoms with Crippen LogP contribution in [0.5, 0.6) is 0 Å². The van der Waals surface area contributed by atoms with E-state index in [4.69, 9.17) is 4.74 Å². The van der Waals surface area contributed by atoms with E-state index in [-0.39, 0.29) is 0 Å². The monoisotopic (exact) mass is 339 g/mol. The predicted molar refractivity (Wildman–Crippen MR) is 92.6 cm³/mol. The van der Waals surface area contributed by atoms with Crippen LogP contribution >= 0.6 is 0 Å². The number of tetrazole rings is 1. The van der Waals surface area contributed by atoms with Gasteiger partial charge in [-0.3, -0.25) is 4.68 Å². The molecule has 0 radical (unpaired) electrons. The highest BCUT2D eigenvalue weighted by molar-refractivity contribution is 5.42. The summed E-state index contributed by atoms with van der Waals surface area (Å²) in [5, 5.41) is 16.6. The molecule has 1 fully saturated rings.